The van der Waals surface area contributed by atoms with Gasteiger partial charge in [-0.15, -0.1) is 11.3 Å². The number of piperazine rings is 1. The monoisotopic (exact) mass is 321 g/mol. The molecule has 0 saturated carbocycles. The maximum Gasteiger partial charge on any atom is 0.0639 e. The van der Waals surface area contributed by atoms with Crippen LogP contribution in [0.15, 0.2) is 41.8 Å². The van der Waals surface area contributed by atoms with Crippen LogP contribution >= 0.6 is 22.9 Å². The first kappa shape index (κ1) is 14.9. The normalized spacial score (nSPS) is 17.9. The van der Waals surface area contributed by atoms with Crippen LogP contribution < -0.4 is 10.6 Å². The third-order valence-electron chi connectivity index (χ3n) is 4.04. The molecule has 1 aliphatic rings. The third-order valence-corrected chi connectivity index (χ3v) is 5.34. The summed E-state index contributed by atoms with van der Waals surface area (Å²) in [7, 11) is 0. The Morgan fingerprint density at radius 3 is 2.48 bits per heavy atom. The molecule has 0 radical (unpaired) electrons. The number of benzene rings is 1. The van der Waals surface area contributed by atoms with Gasteiger partial charge in [0, 0.05) is 37.6 Å². The number of anilines is 1. The zero-order chi connectivity index (χ0) is 14.7. The second kappa shape index (κ2) is 6.79. The van der Waals surface area contributed by atoms with E-state index in [4.69, 9.17) is 17.3 Å². The lowest BCUT2D eigenvalue weighted by atomic mass is 10.1. The molecule has 1 unspecified atom stereocenters. The number of hydrogen-bond donors (Lipinski definition) is 1. The van der Waals surface area contributed by atoms with Crippen molar-refractivity contribution < 1.29 is 0 Å². The van der Waals surface area contributed by atoms with E-state index in [2.05, 4.69) is 33.4 Å². The molecule has 5 heteroatoms. The Balaban J connectivity index is 1.66. The van der Waals surface area contributed by atoms with Crippen LogP contribution in [0.2, 0.25) is 5.02 Å². The summed E-state index contributed by atoms with van der Waals surface area (Å²) in [5.74, 6) is 0. The van der Waals surface area contributed by atoms with Gasteiger partial charge in [-0.1, -0.05) is 29.8 Å². The molecule has 1 aromatic carbocycles. The Bertz CT molecular complexity index is 565. The summed E-state index contributed by atoms with van der Waals surface area (Å²) in [5, 5.41) is 2.96. The van der Waals surface area contributed by atoms with Crippen molar-refractivity contribution in [2.75, 3.05) is 37.6 Å². The third kappa shape index (κ3) is 3.24. The van der Waals surface area contributed by atoms with Gasteiger partial charge < -0.3 is 10.6 Å². The van der Waals surface area contributed by atoms with Crippen molar-refractivity contribution in [3.05, 3.63) is 51.7 Å². The van der Waals surface area contributed by atoms with Gasteiger partial charge in [0.05, 0.1) is 16.8 Å². The molecule has 1 aliphatic heterocycles. The quantitative estimate of drug-likeness (QED) is 0.938. The molecule has 1 aromatic heterocycles. The number of rotatable bonds is 4. The summed E-state index contributed by atoms with van der Waals surface area (Å²) < 4.78 is 0. The van der Waals surface area contributed by atoms with Crippen LogP contribution in [0.25, 0.3) is 0 Å². The van der Waals surface area contributed by atoms with E-state index in [1.807, 2.05) is 18.2 Å². The highest BCUT2D eigenvalue weighted by Gasteiger charge is 2.25. The van der Waals surface area contributed by atoms with E-state index >= 15 is 0 Å². The highest BCUT2D eigenvalue weighted by Crippen LogP contribution is 2.29. The van der Waals surface area contributed by atoms with Crippen LogP contribution in [-0.2, 0) is 0 Å². The van der Waals surface area contributed by atoms with E-state index in [9.17, 15) is 0 Å². The van der Waals surface area contributed by atoms with Crippen LogP contribution in [0.4, 0.5) is 5.69 Å². The minimum absolute atomic E-state index is 0.346. The lowest BCUT2D eigenvalue weighted by Crippen LogP contribution is -2.49. The molecule has 0 aliphatic carbocycles. The highest BCUT2D eigenvalue weighted by molar-refractivity contribution is 7.10. The fourth-order valence-electron chi connectivity index (χ4n) is 2.91. The van der Waals surface area contributed by atoms with E-state index in [0.29, 0.717) is 12.6 Å². The average Bonchev–Trinajstić information content (AvgIpc) is 3.04. The molecule has 2 aromatic rings. The smallest absolute Gasteiger partial charge is 0.0639 e. The fraction of sp³-hybridized carbons (Fsp3) is 0.375. The van der Waals surface area contributed by atoms with Crippen molar-refractivity contribution in [2.45, 2.75) is 6.04 Å². The van der Waals surface area contributed by atoms with Crippen molar-refractivity contribution in [3.8, 4) is 0 Å². The molecule has 0 spiro atoms. The highest BCUT2D eigenvalue weighted by atomic mass is 35.5. The molecule has 1 atom stereocenters. The van der Waals surface area contributed by atoms with Gasteiger partial charge in [-0.2, -0.15) is 0 Å². The minimum Gasteiger partial charge on any atom is -0.368 e. The molecule has 3 rings (SSSR count). The molecule has 0 bridgehead atoms. The average molecular weight is 322 g/mol. The summed E-state index contributed by atoms with van der Waals surface area (Å²) in [5.41, 5.74) is 7.13. The topological polar surface area (TPSA) is 32.5 Å². The van der Waals surface area contributed by atoms with Crippen molar-refractivity contribution in [2.24, 2.45) is 5.73 Å². The largest absolute Gasteiger partial charge is 0.368 e. The Morgan fingerprint density at radius 1 is 1.10 bits per heavy atom. The van der Waals surface area contributed by atoms with Crippen molar-refractivity contribution >= 4 is 28.6 Å². The summed E-state index contributed by atoms with van der Waals surface area (Å²) in [4.78, 5) is 6.21. The zero-order valence-corrected chi connectivity index (χ0v) is 13.5. The van der Waals surface area contributed by atoms with E-state index in [0.717, 1.165) is 36.9 Å². The van der Waals surface area contributed by atoms with E-state index < -0.39 is 0 Å². The van der Waals surface area contributed by atoms with Crippen LogP contribution in [0.3, 0.4) is 0 Å². The van der Waals surface area contributed by atoms with Crippen molar-refractivity contribution in [1.29, 1.82) is 0 Å². The Kier molecular flexibility index (Phi) is 4.80. The number of halogens is 1. The predicted molar refractivity (Wildman–Crippen MR) is 91.4 cm³/mol. The van der Waals surface area contributed by atoms with Crippen LogP contribution in [-0.4, -0.2) is 37.6 Å². The van der Waals surface area contributed by atoms with Gasteiger partial charge in [0.1, 0.15) is 0 Å². The first-order valence-corrected chi connectivity index (χ1v) is 8.52. The summed E-state index contributed by atoms with van der Waals surface area (Å²) in [6.45, 7) is 4.69. The van der Waals surface area contributed by atoms with E-state index in [1.165, 1.54) is 4.88 Å². The molecule has 3 nitrogen and oxygen atoms in total. The molecule has 2 N–H and O–H groups in total. The van der Waals surface area contributed by atoms with Gasteiger partial charge in [0.25, 0.3) is 0 Å². The van der Waals surface area contributed by atoms with Crippen molar-refractivity contribution in [3.63, 3.8) is 0 Å². The first-order valence-electron chi connectivity index (χ1n) is 7.26. The molecule has 21 heavy (non-hydrogen) atoms. The van der Waals surface area contributed by atoms with Gasteiger partial charge in [-0.3, -0.25) is 4.90 Å². The second-order valence-corrected chi connectivity index (χ2v) is 6.63. The van der Waals surface area contributed by atoms with Gasteiger partial charge in [0.15, 0.2) is 0 Å². The first-order chi connectivity index (χ1) is 10.3. The minimum atomic E-state index is 0.346. The molecule has 1 saturated heterocycles. The number of hydrogen-bond acceptors (Lipinski definition) is 4. The SMILES string of the molecule is NCC(c1cccs1)N1CCN(c2ccccc2Cl)CC1. The maximum atomic E-state index is 6.29. The van der Waals surface area contributed by atoms with Crippen molar-refractivity contribution in [1.82, 2.24) is 4.90 Å². The second-order valence-electron chi connectivity index (χ2n) is 5.24. The number of para-hydroxylation sites is 1. The number of thiophene rings is 1. The van der Waals surface area contributed by atoms with E-state index in [1.54, 1.807) is 11.3 Å². The molecular weight excluding hydrogens is 302 g/mol. The summed E-state index contributed by atoms with van der Waals surface area (Å²) >= 11 is 8.08. The van der Waals surface area contributed by atoms with E-state index in [-0.39, 0.29) is 0 Å². The lowest BCUT2D eigenvalue weighted by molar-refractivity contribution is 0.193. The standard InChI is InChI=1S/C16H20ClN3S/c17-13-4-1-2-5-14(13)19-7-9-20(10-8-19)15(12-18)16-6-3-11-21-16/h1-6,11,15H,7-10,12,18H2. The van der Waals surface area contributed by atoms with Crippen LogP contribution in [0, 0.1) is 0 Å². The Morgan fingerprint density at radius 2 is 1.86 bits per heavy atom. The maximum absolute atomic E-state index is 6.29. The zero-order valence-electron chi connectivity index (χ0n) is 11.9. The molecule has 2 heterocycles. The Hall–Kier alpha value is -1.07. The predicted octanol–water partition coefficient (Wildman–Crippen LogP) is 3.22. The summed E-state index contributed by atoms with van der Waals surface area (Å²) in [6, 6.07) is 12.7. The Labute approximate surface area is 134 Å². The van der Waals surface area contributed by atoms with Gasteiger partial charge in [-0.25, -0.2) is 0 Å². The fourth-order valence-corrected chi connectivity index (χ4v) is 4.04. The number of nitrogens with two attached hydrogens (primary N) is 1. The lowest BCUT2D eigenvalue weighted by Gasteiger charge is -2.39. The summed E-state index contributed by atoms with van der Waals surface area (Å²) in [6.07, 6.45) is 0. The van der Waals surface area contributed by atoms with Gasteiger partial charge >= 0.3 is 0 Å². The molecule has 0 amide bonds. The number of nitrogens with zero attached hydrogens (tertiary/aromatic N) is 2. The van der Waals surface area contributed by atoms with Crippen LogP contribution in [0.5, 0.6) is 0 Å². The van der Waals surface area contributed by atoms with Crippen LogP contribution in [0.1, 0.15) is 10.9 Å². The van der Waals surface area contributed by atoms with Gasteiger partial charge in [-0.05, 0) is 23.6 Å². The molecule has 1 fully saturated rings. The molecular formula is C16H20ClN3S. The molecule has 112 valence electrons. The van der Waals surface area contributed by atoms with Gasteiger partial charge in [0.2, 0.25) is 0 Å².